The molecule has 0 fully saturated rings. The Morgan fingerprint density at radius 3 is 2.50 bits per heavy atom. The highest BCUT2D eigenvalue weighted by Crippen LogP contribution is 2.09. The average molecular weight is 130 g/mol. The van der Waals surface area contributed by atoms with Crippen LogP contribution in [0.25, 0.3) is 0 Å². The molecule has 0 atom stereocenters. The molecule has 42 valence electrons. The van der Waals surface area contributed by atoms with E-state index in [-0.39, 0.29) is 17.1 Å². The van der Waals surface area contributed by atoms with Crippen LogP contribution in [-0.4, -0.2) is 0 Å². The zero-order chi connectivity index (χ0) is 7.72. The fourth-order valence-electron chi connectivity index (χ4n) is 0.377. The molecule has 0 aliphatic rings. The molecule has 0 aromatic heterocycles. The number of anilines is 1. The molecule has 1 rings (SSSR count). The van der Waals surface area contributed by atoms with E-state index in [0.29, 0.717) is 5.69 Å². The third-order valence-electron chi connectivity index (χ3n) is 0.731. The molecule has 1 aromatic carbocycles. The van der Waals surface area contributed by atoms with Gasteiger partial charge in [-0.3, -0.25) is 0 Å². The van der Waals surface area contributed by atoms with E-state index in [9.17, 15) is 0 Å². The number of nitrogens with two attached hydrogens (primary N) is 1. The highest BCUT2D eigenvalue weighted by atomic mass is 35.5. The Bertz CT molecular complexity index is 239. The summed E-state index contributed by atoms with van der Waals surface area (Å²) in [5.74, 6) is 0. The van der Waals surface area contributed by atoms with Crippen LogP contribution in [0.1, 0.15) is 2.74 Å². The maximum absolute atomic E-state index is 7.17. The van der Waals surface area contributed by atoms with Crippen molar-refractivity contribution in [2.45, 2.75) is 0 Å². The Hall–Kier alpha value is -0.690. The minimum absolute atomic E-state index is 0.103. The van der Waals surface area contributed by atoms with Crippen molar-refractivity contribution in [1.29, 1.82) is 0 Å². The minimum Gasteiger partial charge on any atom is -0.399 e. The Kier molecular flexibility index (Phi) is 0.862. The molecule has 0 saturated carbocycles. The van der Waals surface area contributed by atoms with Gasteiger partial charge in [0, 0.05) is 10.7 Å². The molecular weight excluding hydrogens is 122 g/mol. The van der Waals surface area contributed by atoms with Crippen molar-refractivity contribution in [2.24, 2.45) is 0 Å². The Morgan fingerprint density at radius 2 is 2.00 bits per heavy atom. The molecule has 0 amide bonds. The van der Waals surface area contributed by atoms with Crippen molar-refractivity contribution < 1.29 is 2.74 Å². The van der Waals surface area contributed by atoms with E-state index in [4.69, 9.17) is 20.1 Å². The van der Waals surface area contributed by atoms with Crippen molar-refractivity contribution in [2.75, 3.05) is 5.73 Å². The first-order valence-corrected chi connectivity index (χ1v) is 2.51. The van der Waals surface area contributed by atoms with Crippen LogP contribution in [0.15, 0.2) is 24.2 Å². The van der Waals surface area contributed by atoms with Gasteiger partial charge in [-0.1, -0.05) is 11.6 Å². The van der Waals surface area contributed by atoms with Gasteiger partial charge < -0.3 is 5.73 Å². The largest absolute Gasteiger partial charge is 0.399 e. The first-order valence-electron chi connectivity index (χ1n) is 3.13. The van der Waals surface area contributed by atoms with Crippen LogP contribution in [0.5, 0.6) is 0 Å². The lowest BCUT2D eigenvalue weighted by Crippen LogP contribution is -1.80. The van der Waals surface area contributed by atoms with Gasteiger partial charge in [-0.05, 0) is 24.2 Å². The summed E-state index contributed by atoms with van der Waals surface area (Å²) in [6.07, 6.45) is 0. The monoisotopic (exact) mass is 129 g/mol. The molecule has 0 saturated heterocycles. The van der Waals surface area contributed by atoms with Gasteiger partial charge in [-0.2, -0.15) is 0 Å². The molecule has 0 aliphatic heterocycles. The highest BCUT2D eigenvalue weighted by Gasteiger charge is 1.82. The number of hydrogen-bond acceptors (Lipinski definition) is 1. The van der Waals surface area contributed by atoms with Crippen LogP contribution in [0.4, 0.5) is 5.69 Å². The predicted octanol–water partition coefficient (Wildman–Crippen LogP) is 1.92. The smallest absolute Gasteiger partial charge is 0.0639 e. The topological polar surface area (TPSA) is 26.0 Å². The first-order chi connectivity index (χ1) is 4.61. The number of hydrogen-bond donors (Lipinski definition) is 1. The second-order valence-electron chi connectivity index (χ2n) is 1.39. The minimum atomic E-state index is 0.103. The molecule has 0 heterocycles. The summed E-state index contributed by atoms with van der Waals surface area (Å²) in [6, 6.07) is 3.04. The Morgan fingerprint density at radius 1 is 1.50 bits per heavy atom. The molecule has 0 spiro atoms. The number of rotatable bonds is 0. The molecule has 1 nitrogen and oxygen atoms in total. The van der Waals surface area contributed by atoms with Gasteiger partial charge in [0.2, 0.25) is 0 Å². The molecule has 2 N–H and O–H groups in total. The van der Waals surface area contributed by atoms with E-state index in [1.165, 1.54) is 12.1 Å². The van der Waals surface area contributed by atoms with Gasteiger partial charge in [-0.25, -0.2) is 0 Å². The van der Waals surface area contributed by atoms with Crippen molar-refractivity contribution in [3.05, 3.63) is 29.2 Å². The maximum atomic E-state index is 7.17. The van der Waals surface area contributed by atoms with Crippen LogP contribution < -0.4 is 5.73 Å². The van der Waals surface area contributed by atoms with Gasteiger partial charge in [-0.15, -0.1) is 0 Å². The van der Waals surface area contributed by atoms with Crippen molar-refractivity contribution in [3.63, 3.8) is 0 Å². The molecular formula is C6H6ClN. The molecule has 2 heteroatoms. The Balaban J connectivity index is 3.31. The summed E-state index contributed by atoms with van der Waals surface area (Å²) < 4.78 is 14.3. The van der Waals surface area contributed by atoms with E-state index < -0.39 is 0 Å². The van der Waals surface area contributed by atoms with Crippen molar-refractivity contribution in [3.8, 4) is 0 Å². The van der Waals surface area contributed by atoms with E-state index in [0.717, 1.165) is 0 Å². The fourth-order valence-corrected chi connectivity index (χ4v) is 0.486. The maximum Gasteiger partial charge on any atom is 0.0639 e. The first kappa shape index (κ1) is 3.36. The summed E-state index contributed by atoms with van der Waals surface area (Å²) >= 11 is 5.52. The SMILES string of the molecule is [2H]c1cc(N)cc([2H])c1Cl. The molecule has 0 radical (unpaired) electrons. The number of halogens is 1. The van der Waals surface area contributed by atoms with E-state index in [2.05, 4.69) is 0 Å². The van der Waals surface area contributed by atoms with Gasteiger partial charge >= 0.3 is 0 Å². The predicted molar refractivity (Wildman–Crippen MR) is 35.9 cm³/mol. The van der Waals surface area contributed by atoms with E-state index >= 15 is 0 Å². The third-order valence-corrected chi connectivity index (χ3v) is 0.949. The molecule has 1 aromatic rings. The zero-order valence-electron chi connectivity index (χ0n) is 6.11. The lowest BCUT2D eigenvalue weighted by molar-refractivity contribution is 1.69. The highest BCUT2D eigenvalue weighted by molar-refractivity contribution is 6.30. The molecule has 0 aliphatic carbocycles. The third kappa shape index (κ3) is 1.14. The van der Waals surface area contributed by atoms with Gasteiger partial charge in [0.05, 0.1) is 2.74 Å². The normalized spacial score (nSPS) is 12.6. The summed E-state index contributed by atoms with van der Waals surface area (Å²) in [5.41, 5.74) is 5.73. The summed E-state index contributed by atoms with van der Waals surface area (Å²) in [7, 11) is 0. The van der Waals surface area contributed by atoms with Gasteiger partial charge in [0.1, 0.15) is 0 Å². The zero-order valence-corrected chi connectivity index (χ0v) is 4.87. The van der Waals surface area contributed by atoms with Gasteiger partial charge in [0.25, 0.3) is 0 Å². The van der Waals surface area contributed by atoms with Crippen molar-refractivity contribution in [1.82, 2.24) is 0 Å². The number of benzene rings is 1. The van der Waals surface area contributed by atoms with Crippen LogP contribution in [-0.2, 0) is 0 Å². The standard InChI is InChI=1S/C6H6ClN/c7-5-1-3-6(8)4-2-5/h1-4H,8H2/i1D,2D. The number of nitrogen functional groups attached to an aromatic ring is 1. The van der Waals surface area contributed by atoms with E-state index in [1.54, 1.807) is 0 Å². The summed E-state index contributed by atoms with van der Waals surface area (Å²) in [4.78, 5) is 0. The lowest BCUT2D eigenvalue weighted by atomic mass is 10.3. The second-order valence-corrected chi connectivity index (χ2v) is 1.77. The molecule has 0 unspecified atom stereocenters. The lowest BCUT2D eigenvalue weighted by Gasteiger charge is -1.88. The average Bonchev–Trinajstić information content (AvgIpc) is 1.82. The quantitative estimate of drug-likeness (QED) is 0.533. The summed E-state index contributed by atoms with van der Waals surface area (Å²) in [6.45, 7) is 0. The molecule has 8 heavy (non-hydrogen) atoms. The van der Waals surface area contributed by atoms with E-state index in [1.807, 2.05) is 0 Å². The van der Waals surface area contributed by atoms with Gasteiger partial charge in [0.15, 0.2) is 0 Å². The van der Waals surface area contributed by atoms with Crippen molar-refractivity contribution >= 4 is 17.3 Å². The second kappa shape index (κ2) is 2.05. The Labute approximate surface area is 55.9 Å². The fraction of sp³-hybridized carbons (Fsp3) is 0. The van der Waals surface area contributed by atoms with Crippen LogP contribution in [0.2, 0.25) is 5.02 Å². The molecule has 0 bridgehead atoms. The summed E-state index contributed by atoms with van der Waals surface area (Å²) in [5, 5.41) is 0.147. The van der Waals surface area contributed by atoms with Crippen LogP contribution in [0, 0.1) is 0 Å². The van der Waals surface area contributed by atoms with Crippen LogP contribution >= 0.6 is 11.6 Å². The van der Waals surface area contributed by atoms with Crippen LogP contribution in [0.3, 0.4) is 0 Å².